The summed E-state index contributed by atoms with van der Waals surface area (Å²) in [6.07, 6.45) is 1.48. The van der Waals surface area contributed by atoms with Crippen molar-refractivity contribution < 1.29 is 23.7 Å². The summed E-state index contributed by atoms with van der Waals surface area (Å²) in [5, 5.41) is 4.42. The normalized spacial score (nSPS) is 10.7. The Morgan fingerprint density at radius 3 is 2.32 bits per heavy atom. The molecule has 0 radical (unpaired) electrons. The minimum absolute atomic E-state index is 0.348. The molecule has 0 saturated carbocycles. The highest BCUT2D eigenvalue weighted by atomic mass is 127. The van der Waals surface area contributed by atoms with E-state index in [1.165, 1.54) is 20.4 Å². The van der Waals surface area contributed by atoms with Crippen molar-refractivity contribution in [3.8, 4) is 23.0 Å². The number of amides is 1. The Bertz CT molecular complexity index is 1150. The molecule has 3 aromatic carbocycles. The molecule has 3 aromatic rings. The van der Waals surface area contributed by atoms with E-state index in [2.05, 4.69) is 33.1 Å². The van der Waals surface area contributed by atoms with Crippen LogP contribution in [0.5, 0.6) is 23.0 Å². The predicted octanol–water partition coefficient (Wildman–Crippen LogP) is 5.70. The summed E-state index contributed by atoms with van der Waals surface area (Å²) in [7, 11) is 3.03. The molecule has 178 valence electrons. The molecule has 34 heavy (non-hydrogen) atoms. The number of nitrogens with one attached hydrogen (secondary N) is 1. The number of hydrogen-bond donors (Lipinski definition) is 1. The van der Waals surface area contributed by atoms with E-state index in [0.717, 1.165) is 9.13 Å². The van der Waals surface area contributed by atoms with E-state index < -0.39 is 5.91 Å². The molecule has 0 aliphatic rings. The third-order valence-corrected chi connectivity index (χ3v) is 5.62. The molecule has 0 unspecified atom stereocenters. The number of ether oxygens (including phenoxy) is 4. The average Bonchev–Trinajstić information content (AvgIpc) is 2.84. The van der Waals surface area contributed by atoms with Gasteiger partial charge in [0.05, 0.1) is 32.1 Å². The highest BCUT2D eigenvalue weighted by Crippen LogP contribution is 2.37. The van der Waals surface area contributed by atoms with Gasteiger partial charge in [0, 0.05) is 15.2 Å². The van der Waals surface area contributed by atoms with Crippen LogP contribution in [-0.4, -0.2) is 32.9 Å². The van der Waals surface area contributed by atoms with E-state index in [1.807, 2.05) is 31.2 Å². The standard InChI is InChI=1S/C25H24ClIN2O5/c1-4-33-23-10-17(9-22(26)24(23)34-15-16-5-7-19(27)8-6-16)14-28-29-25(30)18-11-20(31-2)13-21(12-18)32-3/h5-14H,4,15H2,1-3H3,(H,29,30)/b28-14-. The third-order valence-electron chi connectivity index (χ3n) is 4.62. The summed E-state index contributed by atoms with van der Waals surface area (Å²) >= 11 is 8.74. The maximum Gasteiger partial charge on any atom is 0.271 e. The first-order valence-electron chi connectivity index (χ1n) is 10.3. The van der Waals surface area contributed by atoms with E-state index in [4.69, 9.17) is 30.5 Å². The topological polar surface area (TPSA) is 78.4 Å². The fraction of sp³-hybridized carbons (Fsp3) is 0.200. The van der Waals surface area contributed by atoms with Gasteiger partial charge >= 0.3 is 0 Å². The second-order valence-electron chi connectivity index (χ2n) is 6.98. The predicted molar refractivity (Wildman–Crippen MR) is 141 cm³/mol. The Balaban J connectivity index is 1.73. The Kier molecular flexibility index (Phi) is 9.41. The number of nitrogens with zero attached hydrogens (tertiary/aromatic N) is 1. The van der Waals surface area contributed by atoms with Crippen molar-refractivity contribution in [1.82, 2.24) is 5.43 Å². The SMILES string of the molecule is CCOc1cc(/C=N\NC(=O)c2cc(OC)cc(OC)c2)cc(Cl)c1OCc1ccc(I)cc1. The van der Waals surface area contributed by atoms with Crippen LogP contribution >= 0.6 is 34.2 Å². The lowest BCUT2D eigenvalue weighted by molar-refractivity contribution is 0.0954. The number of methoxy groups -OCH3 is 2. The Hall–Kier alpha value is -2.98. The van der Waals surface area contributed by atoms with Crippen LogP contribution in [-0.2, 0) is 6.61 Å². The van der Waals surface area contributed by atoms with Crippen LogP contribution in [0.25, 0.3) is 0 Å². The van der Waals surface area contributed by atoms with Crippen LogP contribution in [0.3, 0.4) is 0 Å². The number of benzene rings is 3. The lowest BCUT2D eigenvalue weighted by Crippen LogP contribution is -2.17. The Morgan fingerprint density at radius 1 is 1.03 bits per heavy atom. The minimum atomic E-state index is -0.415. The van der Waals surface area contributed by atoms with Crippen LogP contribution < -0.4 is 24.4 Å². The average molecular weight is 595 g/mol. The summed E-state index contributed by atoms with van der Waals surface area (Å²) < 4.78 is 23.2. The van der Waals surface area contributed by atoms with E-state index in [0.29, 0.717) is 52.4 Å². The van der Waals surface area contributed by atoms with Gasteiger partial charge in [-0.05, 0) is 77.0 Å². The third kappa shape index (κ3) is 7.01. The largest absolute Gasteiger partial charge is 0.497 e. The molecule has 0 atom stereocenters. The Morgan fingerprint density at radius 2 is 1.71 bits per heavy atom. The minimum Gasteiger partial charge on any atom is -0.497 e. The van der Waals surface area contributed by atoms with E-state index in [9.17, 15) is 4.79 Å². The highest BCUT2D eigenvalue weighted by molar-refractivity contribution is 14.1. The second kappa shape index (κ2) is 12.5. The molecule has 9 heteroatoms. The molecule has 0 aliphatic carbocycles. The Labute approximate surface area is 217 Å². The number of rotatable bonds is 10. The molecular formula is C25H24ClIN2O5. The second-order valence-corrected chi connectivity index (χ2v) is 8.63. The van der Waals surface area contributed by atoms with Crippen LogP contribution in [0.1, 0.15) is 28.4 Å². The molecule has 1 N–H and O–H groups in total. The molecule has 0 spiro atoms. The highest BCUT2D eigenvalue weighted by Gasteiger charge is 2.13. The molecule has 0 heterocycles. The van der Waals surface area contributed by atoms with Gasteiger partial charge in [-0.15, -0.1) is 0 Å². The number of carbonyl (C=O) groups excluding carboxylic acids is 1. The number of hydrogen-bond acceptors (Lipinski definition) is 6. The smallest absolute Gasteiger partial charge is 0.271 e. The number of hydrazone groups is 1. The fourth-order valence-corrected chi connectivity index (χ4v) is 3.60. The molecule has 3 rings (SSSR count). The van der Waals surface area contributed by atoms with Crippen molar-refractivity contribution in [1.29, 1.82) is 0 Å². The monoisotopic (exact) mass is 594 g/mol. The van der Waals surface area contributed by atoms with Gasteiger partial charge in [0.25, 0.3) is 5.91 Å². The van der Waals surface area contributed by atoms with Gasteiger partial charge in [-0.3, -0.25) is 4.79 Å². The van der Waals surface area contributed by atoms with Gasteiger partial charge in [-0.2, -0.15) is 5.10 Å². The first-order chi connectivity index (χ1) is 16.4. The van der Waals surface area contributed by atoms with Crippen molar-refractivity contribution in [3.05, 3.63) is 79.9 Å². The summed E-state index contributed by atoms with van der Waals surface area (Å²) in [6.45, 7) is 2.66. The van der Waals surface area contributed by atoms with Crippen LogP contribution in [0.15, 0.2) is 59.7 Å². The lowest BCUT2D eigenvalue weighted by atomic mass is 10.2. The zero-order chi connectivity index (χ0) is 24.5. The molecular weight excluding hydrogens is 571 g/mol. The lowest BCUT2D eigenvalue weighted by Gasteiger charge is -2.14. The first kappa shape index (κ1) is 25.6. The van der Waals surface area contributed by atoms with Crippen molar-refractivity contribution >= 4 is 46.3 Å². The van der Waals surface area contributed by atoms with Crippen molar-refractivity contribution in [3.63, 3.8) is 0 Å². The molecule has 0 bridgehead atoms. The van der Waals surface area contributed by atoms with Gasteiger partial charge in [0.2, 0.25) is 0 Å². The van der Waals surface area contributed by atoms with E-state index in [-0.39, 0.29) is 0 Å². The summed E-state index contributed by atoms with van der Waals surface area (Å²) in [5.74, 6) is 1.53. The fourth-order valence-electron chi connectivity index (χ4n) is 2.97. The summed E-state index contributed by atoms with van der Waals surface area (Å²) in [5.41, 5.74) is 4.49. The van der Waals surface area contributed by atoms with Gasteiger partial charge in [-0.1, -0.05) is 23.7 Å². The van der Waals surface area contributed by atoms with Gasteiger partial charge < -0.3 is 18.9 Å². The van der Waals surface area contributed by atoms with Gasteiger partial charge in [0.15, 0.2) is 11.5 Å². The van der Waals surface area contributed by atoms with Crippen LogP contribution in [0.2, 0.25) is 5.02 Å². The molecule has 1 amide bonds. The van der Waals surface area contributed by atoms with E-state index in [1.54, 1.807) is 30.3 Å². The maximum atomic E-state index is 12.5. The summed E-state index contributed by atoms with van der Waals surface area (Å²) in [4.78, 5) is 12.5. The van der Waals surface area contributed by atoms with Gasteiger partial charge in [-0.25, -0.2) is 5.43 Å². The van der Waals surface area contributed by atoms with Crippen molar-refractivity contribution in [2.24, 2.45) is 5.10 Å². The molecule has 0 aliphatic heterocycles. The molecule has 0 fully saturated rings. The van der Waals surface area contributed by atoms with Crippen LogP contribution in [0.4, 0.5) is 0 Å². The number of carbonyl (C=O) groups is 1. The van der Waals surface area contributed by atoms with Crippen molar-refractivity contribution in [2.45, 2.75) is 13.5 Å². The molecule has 0 saturated heterocycles. The van der Waals surface area contributed by atoms with Crippen molar-refractivity contribution in [2.75, 3.05) is 20.8 Å². The van der Waals surface area contributed by atoms with Gasteiger partial charge in [0.1, 0.15) is 18.1 Å². The zero-order valence-electron chi connectivity index (χ0n) is 18.9. The number of halogens is 2. The summed E-state index contributed by atoms with van der Waals surface area (Å²) in [6, 6.07) is 16.3. The quantitative estimate of drug-likeness (QED) is 0.185. The van der Waals surface area contributed by atoms with Crippen LogP contribution in [0, 0.1) is 3.57 Å². The zero-order valence-corrected chi connectivity index (χ0v) is 21.8. The maximum absolute atomic E-state index is 12.5. The molecule has 0 aromatic heterocycles. The first-order valence-corrected chi connectivity index (χ1v) is 11.8. The van der Waals surface area contributed by atoms with E-state index >= 15 is 0 Å². The molecule has 7 nitrogen and oxygen atoms in total.